The quantitative estimate of drug-likeness (QED) is 0.145. The lowest BCUT2D eigenvalue weighted by Gasteiger charge is -2.18. The molecule has 0 spiro atoms. The van der Waals surface area contributed by atoms with Crippen LogP contribution in [0.4, 0.5) is 0 Å². The van der Waals surface area contributed by atoms with Crippen molar-refractivity contribution in [2.24, 2.45) is 0 Å². The van der Waals surface area contributed by atoms with Crippen LogP contribution in [0.25, 0.3) is 204 Å². The van der Waals surface area contributed by atoms with E-state index in [1.54, 1.807) is 0 Å². The highest BCUT2D eigenvalue weighted by Crippen LogP contribution is 2.45. The average molecular weight is 1480 g/mol. The highest BCUT2D eigenvalue weighted by Gasteiger charge is 2.24. The normalized spacial score (nSPS) is 20.0. The molecule has 7 heteroatoms. The highest BCUT2D eigenvalue weighted by atomic mass is 15.0. The van der Waals surface area contributed by atoms with Crippen molar-refractivity contribution in [2.45, 2.75) is 13.8 Å². The van der Waals surface area contributed by atoms with E-state index in [4.69, 9.17) is 45.2 Å². The van der Waals surface area contributed by atoms with Crippen molar-refractivity contribution in [3.8, 4) is 50.9 Å². The SMILES string of the molecule is [2H]c1c([2H])c(-n2c3c([2H])c([2H])c([2H])c([2H])c3c3c([2H])c([2H])c([2H])c([2H])c32)c([2H])c(-n2c3c([2H])c([2H])c([2H])c([2H])c3c3c([2H])c(-n4c5c([2H])c([2H])c([2H])c([2H])c5c5c([2H])c([2H])c(C)c([2H])c54)c([2H])c([2H])c32)c1[2H].[2H]c1c([2H])c([2H])c(-n2c3c([2H])c([2H])c([2H])c([2H])c3c3c([2H])c([2H])c([2H])c([2H])c32)c(-c2c([2H])c([2H])c([2H])c([2H])c2-n2c3c([2H])c([2H])c([2H])c([2H])c3c3c([2H])c(-n4c5c([2H])c([2H])c([2H])c([2H])c5c5c([2H])c(-n6c7c([2H])c([2H])c([2H])c([2H])c7c7c([2H])c(C)c([2H])c([2H])c76)c([2H])c([2H])c54)c([2H])c([2H])c32)c1[2H]. The molecule has 0 saturated heterocycles. The number of fused-ring (bicyclic) bond motifs is 21. The Kier molecular flexibility index (Phi) is 5.86. The van der Waals surface area contributed by atoms with Gasteiger partial charge in [0.25, 0.3) is 0 Å². The first-order chi connectivity index (χ1) is 81.2. The van der Waals surface area contributed by atoms with Gasteiger partial charge >= 0.3 is 0 Å². The van der Waals surface area contributed by atoms with Gasteiger partial charge in [0.15, 0.2) is 0 Å². The van der Waals surface area contributed by atoms with E-state index in [0.29, 0.717) is 13.7 Å². The number of hydrogen-bond acceptors (Lipinski definition) is 0. The summed E-state index contributed by atoms with van der Waals surface area (Å²) in [6.45, 7) is 2.63. The summed E-state index contributed by atoms with van der Waals surface area (Å²) in [6.07, 6.45) is 0. The third-order valence-electron chi connectivity index (χ3n) is 18.8. The monoisotopic (exact) mass is 1480 g/mol. The number of hydrogen-bond donors (Lipinski definition) is 0. The van der Waals surface area contributed by atoms with Crippen LogP contribution < -0.4 is 0 Å². The van der Waals surface area contributed by atoms with Gasteiger partial charge in [-0.25, -0.2) is 0 Å². The number of aromatic nitrogens is 7. The van der Waals surface area contributed by atoms with Crippen LogP contribution in [-0.4, -0.2) is 32.0 Å². The summed E-state index contributed by atoms with van der Waals surface area (Å²) in [5.74, 6) is 0. The minimum Gasteiger partial charge on any atom is -0.309 e. The largest absolute Gasteiger partial charge is 0.309 e. The zero-order chi connectivity index (χ0) is 128. The fourth-order valence-electron chi connectivity index (χ4n) is 14.3. The van der Waals surface area contributed by atoms with Gasteiger partial charge in [-0.3, -0.25) is 0 Å². The third kappa shape index (κ3) is 9.40. The maximum Gasteiger partial charge on any atom is 0.0667 e. The molecule has 7 nitrogen and oxygen atoms in total. The third-order valence-corrected chi connectivity index (χ3v) is 18.8. The van der Waals surface area contributed by atoms with Crippen molar-refractivity contribution in [1.82, 2.24) is 32.0 Å². The van der Waals surface area contributed by atoms with Crippen LogP contribution in [0, 0.1) is 13.8 Å². The number of nitrogens with zero attached hydrogens (tertiary/aromatic N) is 7. The molecule has 520 valence electrons. The highest BCUT2D eigenvalue weighted by molar-refractivity contribution is 6.17. The molecule has 0 aliphatic carbocycles. The standard InChI is InChI=1S/C61H40N4.C43H29N3/c1-39-30-33-59-49(36-39)46-20-6-9-23-52(46)62(59)40-31-34-60-50(37-40)47-21-7-10-24-53(47)63(60)41-32-35-61-51(38-41)48-22-8-15-29-58(48)65(61)57-28-14-5-19-45(57)44-18-4-13-27-56(44)64-54-25-11-2-16-42(54)43-17-3-12-26-55(43)64;1-28-21-23-36-34-15-4-8-19-40(34)46(43(36)25-28)31-22-24-42-37(27-31)35-16-5-9-20-41(35)45(42)30-12-10-11-29(26-30)44-38-17-6-2-13-32(38)33-14-3-7-18-39(33)44/h2-38H,1H3;2-27H,1H3/i2D,3D,4D,5D,6D,7D,8D,9D,10D,11D,12D,13D,14D,15D,16D,17D,18D,19D,20D,21D,22D,23D,24D,25D,26D,27D,28D,29D,30D,31D,32D,33D,34D,35D,36D,37D,38D;2D,3D,4D,5D,6D,7D,8D,9D,10D,11D,12D,13D,14D,15D,16D,17D,18D,19D,20D,21D,22D,23D,24D,25D,26D,27D. The Morgan fingerprint density at radius 1 is 0.153 bits per heavy atom. The second kappa shape index (κ2) is 24.4. The molecule has 111 heavy (non-hydrogen) atoms. The molecule has 0 saturated carbocycles. The van der Waals surface area contributed by atoms with E-state index >= 15 is 0 Å². The van der Waals surface area contributed by atoms with Gasteiger partial charge in [-0.2, -0.15) is 0 Å². The summed E-state index contributed by atoms with van der Waals surface area (Å²) < 4.78 is 585. The molecule has 0 amide bonds. The summed E-state index contributed by atoms with van der Waals surface area (Å²) in [7, 11) is 0. The van der Waals surface area contributed by atoms with E-state index in [9.17, 15) is 41.1 Å². The molecule has 0 atom stereocenters. The molecule has 7 heterocycles. The molecule has 24 aromatic rings. The van der Waals surface area contributed by atoms with Gasteiger partial charge in [-0.1, -0.05) is 229 Å². The average Bonchev–Trinajstić information content (AvgIpc) is 1.50. The van der Waals surface area contributed by atoms with E-state index in [0.717, 1.165) is 18.3 Å². The molecule has 17 aromatic carbocycles. The lowest BCUT2D eigenvalue weighted by Crippen LogP contribution is -2.01. The van der Waals surface area contributed by atoms with Crippen LogP contribution in [0.1, 0.15) is 97.5 Å². The van der Waals surface area contributed by atoms with Gasteiger partial charge in [-0.15, -0.1) is 0 Å². The molecule has 0 bridgehead atoms. The zero-order valence-corrected chi connectivity index (χ0v) is 56.1. The summed E-state index contributed by atoms with van der Waals surface area (Å²) in [6, 6.07) is -59.1. The van der Waals surface area contributed by atoms with Gasteiger partial charge in [0.2, 0.25) is 0 Å². The van der Waals surface area contributed by atoms with E-state index < -0.39 is 563 Å². The molecule has 0 radical (unpaired) electrons. The lowest BCUT2D eigenvalue weighted by molar-refractivity contribution is 1.13. The first-order valence-electron chi connectivity index (χ1n) is 64.7. The van der Waals surface area contributed by atoms with Gasteiger partial charge in [0.05, 0.1) is 175 Å². The lowest BCUT2D eigenvalue weighted by atomic mass is 10.0. The van der Waals surface area contributed by atoms with E-state index in [-0.39, 0.29) is 32.8 Å². The maximum atomic E-state index is 10.4. The summed E-state index contributed by atoms with van der Waals surface area (Å²) in [4.78, 5) is 0. The molecular weight excluding hydrogens is 1350 g/mol. The zero-order valence-electron chi connectivity index (χ0n) is 119. The Balaban J connectivity index is 0.000000195. The van der Waals surface area contributed by atoms with Gasteiger partial charge < -0.3 is 32.0 Å². The van der Waals surface area contributed by atoms with Crippen LogP contribution in [0.3, 0.4) is 0 Å². The van der Waals surface area contributed by atoms with Crippen molar-refractivity contribution in [2.75, 3.05) is 0 Å². The van der Waals surface area contributed by atoms with E-state index in [1.165, 1.54) is 13.8 Å². The number of para-hydroxylation sites is 11. The van der Waals surface area contributed by atoms with Gasteiger partial charge in [0, 0.05) is 115 Å². The Labute approximate surface area is 727 Å². The Bertz CT molecular complexity index is 11800. The molecule has 0 N–H and O–H groups in total. The Morgan fingerprint density at radius 3 is 0.730 bits per heavy atom. The minimum absolute atomic E-state index is 0.108. The molecule has 0 aliphatic heterocycles. The maximum absolute atomic E-state index is 10.4. The van der Waals surface area contributed by atoms with E-state index in [1.807, 2.05) is 0 Å². The fraction of sp³-hybridized carbons (Fsp3) is 0.0192. The van der Waals surface area contributed by atoms with E-state index in [2.05, 4.69) is 0 Å². The van der Waals surface area contributed by atoms with Crippen LogP contribution in [-0.2, 0) is 0 Å². The van der Waals surface area contributed by atoms with Crippen LogP contribution in [0.15, 0.2) is 381 Å². The molecular formula is C104H69N7. The Morgan fingerprint density at radius 2 is 0.378 bits per heavy atom. The Hall–Kier alpha value is -14.7. The fourth-order valence-corrected chi connectivity index (χ4v) is 14.3. The van der Waals surface area contributed by atoms with Crippen LogP contribution in [0.2, 0.25) is 0 Å². The smallest absolute Gasteiger partial charge is 0.0667 e. The molecule has 24 rings (SSSR count). The van der Waals surface area contributed by atoms with Crippen LogP contribution >= 0.6 is 0 Å². The molecule has 0 fully saturated rings. The predicted molar refractivity (Wildman–Crippen MR) is 468 cm³/mol. The number of rotatable bonds is 8. The molecule has 0 aliphatic rings. The van der Waals surface area contributed by atoms with Crippen molar-refractivity contribution in [1.29, 1.82) is 0 Å². The summed E-state index contributed by atoms with van der Waals surface area (Å²) in [5.41, 5.74) is -17.9. The summed E-state index contributed by atoms with van der Waals surface area (Å²) in [5, 5.41) is -7.84. The second-order valence-electron chi connectivity index (χ2n) is 24.8. The first-order valence-corrected chi connectivity index (χ1v) is 33.2. The number of benzene rings is 17. The van der Waals surface area contributed by atoms with Crippen molar-refractivity contribution >= 4 is 153 Å². The molecule has 7 aromatic heterocycles. The van der Waals surface area contributed by atoms with Crippen LogP contribution in [0.5, 0.6) is 0 Å². The minimum atomic E-state index is -1.24. The van der Waals surface area contributed by atoms with Crippen molar-refractivity contribution in [3.05, 3.63) is 392 Å². The topological polar surface area (TPSA) is 34.5 Å². The van der Waals surface area contributed by atoms with Crippen molar-refractivity contribution < 1.29 is 86.4 Å². The second-order valence-corrected chi connectivity index (χ2v) is 24.8. The predicted octanol–water partition coefficient (Wildman–Crippen LogP) is 27.3. The van der Waals surface area contributed by atoms with Crippen molar-refractivity contribution in [3.63, 3.8) is 0 Å². The van der Waals surface area contributed by atoms with Gasteiger partial charge in [-0.05, 0) is 177 Å². The van der Waals surface area contributed by atoms with Gasteiger partial charge in [0.1, 0.15) is 0 Å². The molecule has 0 unspecified atom stereocenters. The first kappa shape index (κ1) is 26.6. The summed E-state index contributed by atoms with van der Waals surface area (Å²) >= 11 is 0.